The van der Waals surface area contributed by atoms with Crippen molar-refractivity contribution in [3.05, 3.63) is 29.8 Å². The molecule has 2 saturated heterocycles. The Hall–Kier alpha value is -1.88. The van der Waals surface area contributed by atoms with E-state index < -0.39 is 0 Å². The standard InChI is InChI=1S/C21H31N3O2/c1-16-6-4-5-7-19(16)24-15-18(14-20(24)25)21(26)23-12-9-17(10-13-23)8-11-22(2)3/h4-7,17-18H,8-15H2,1-3H3/t18-/m1/s1. The maximum atomic E-state index is 12.9. The molecule has 26 heavy (non-hydrogen) atoms. The third kappa shape index (κ3) is 4.26. The summed E-state index contributed by atoms with van der Waals surface area (Å²) in [4.78, 5) is 31.4. The number of para-hydroxylation sites is 1. The van der Waals surface area contributed by atoms with Gasteiger partial charge in [0.25, 0.3) is 0 Å². The Labute approximate surface area is 156 Å². The lowest BCUT2D eigenvalue weighted by Crippen LogP contribution is -2.42. The van der Waals surface area contributed by atoms with E-state index >= 15 is 0 Å². The van der Waals surface area contributed by atoms with Crippen molar-refractivity contribution in [3.63, 3.8) is 0 Å². The zero-order valence-corrected chi connectivity index (χ0v) is 16.3. The molecule has 0 unspecified atom stereocenters. The van der Waals surface area contributed by atoms with Gasteiger partial charge >= 0.3 is 0 Å². The number of carbonyl (C=O) groups is 2. The Morgan fingerprint density at radius 2 is 1.88 bits per heavy atom. The molecule has 3 rings (SSSR count). The highest BCUT2D eigenvalue weighted by atomic mass is 16.2. The molecule has 0 N–H and O–H groups in total. The number of hydrogen-bond acceptors (Lipinski definition) is 3. The van der Waals surface area contributed by atoms with E-state index in [0.717, 1.165) is 49.6 Å². The fraction of sp³-hybridized carbons (Fsp3) is 0.619. The van der Waals surface area contributed by atoms with Crippen LogP contribution in [0.25, 0.3) is 0 Å². The number of amides is 2. The molecule has 1 aromatic rings. The van der Waals surface area contributed by atoms with Crippen LogP contribution in [0.2, 0.25) is 0 Å². The van der Waals surface area contributed by atoms with E-state index in [1.807, 2.05) is 36.1 Å². The number of piperidine rings is 1. The van der Waals surface area contributed by atoms with Crippen molar-refractivity contribution in [1.82, 2.24) is 9.80 Å². The van der Waals surface area contributed by atoms with Crippen molar-refractivity contribution in [1.29, 1.82) is 0 Å². The van der Waals surface area contributed by atoms with Gasteiger partial charge in [0.2, 0.25) is 11.8 Å². The van der Waals surface area contributed by atoms with Gasteiger partial charge in [-0.2, -0.15) is 0 Å². The average molecular weight is 357 g/mol. The Balaban J connectivity index is 1.55. The first kappa shape index (κ1) is 18.9. The van der Waals surface area contributed by atoms with Gasteiger partial charge in [-0.1, -0.05) is 18.2 Å². The predicted molar refractivity (Wildman–Crippen MR) is 104 cm³/mol. The monoisotopic (exact) mass is 357 g/mol. The molecule has 5 heteroatoms. The Kier molecular flexibility index (Phi) is 5.97. The van der Waals surface area contributed by atoms with Gasteiger partial charge in [-0.25, -0.2) is 0 Å². The second kappa shape index (κ2) is 8.21. The smallest absolute Gasteiger partial charge is 0.228 e. The third-order valence-corrected chi connectivity index (χ3v) is 5.79. The van der Waals surface area contributed by atoms with E-state index in [1.54, 1.807) is 4.90 Å². The van der Waals surface area contributed by atoms with Crippen LogP contribution in [0.4, 0.5) is 5.69 Å². The van der Waals surface area contributed by atoms with Gasteiger partial charge < -0.3 is 14.7 Å². The summed E-state index contributed by atoms with van der Waals surface area (Å²) in [6.07, 6.45) is 3.72. The Bertz CT molecular complexity index is 650. The second-order valence-corrected chi connectivity index (χ2v) is 8.05. The number of anilines is 1. The summed E-state index contributed by atoms with van der Waals surface area (Å²) in [5, 5.41) is 0. The minimum Gasteiger partial charge on any atom is -0.342 e. The number of benzene rings is 1. The van der Waals surface area contributed by atoms with Crippen LogP contribution >= 0.6 is 0 Å². The molecule has 5 nitrogen and oxygen atoms in total. The molecular formula is C21H31N3O2. The predicted octanol–water partition coefficient (Wildman–Crippen LogP) is 2.54. The van der Waals surface area contributed by atoms with Gasteiger partial charge in [0, 0.05) is 31.7 Å². The summed E-state index contributed by atoms with van der Waals surface area (Å²) in [5.74, 6) is 0.759. The molecule has 142 valence electrons. The Morgan fingerprint density at radius 1 is 1.19 bits per heavy atom. The topological polar surface area (TPSA) is 43.9 Å². The summed E-state index contributed by atoms with van der Waals surface area (Å²) in [6, 6.07) is 7.90. The summed E-state index contributed by atoms with van der Waals surface area (Å²) >= 11 is 0. The second-order valence-electron chi connectivity index (χ2n) is 8.05. The molecule has 2 heterocycles. The van der Waals surface area contributed by atoms with Crippen LogP contribution in [0.15, 0.2) is 24.3 Å². The van der Waals surface area contributed by atoms with Crippen LogP contribution in [-0.2, 0) is 9.59 Å². The number of likely N-dealkylation sites (tertiary alicyclic amines) is 1. The molecule has 2 aliphatic rings. The van der Waals surface area contributed by atoms with Crippen LogP contribution in [0.5, 0.6) is 0 Å². The van der Waals surface area contributed by atoms with Gasteiger partial charge in [0.05, 0.1) is 5.92 Å². The van der Waals surface area contributed by atoms with E-state index in [0.29, 0.717) is 13.0 Å². The van der Waals surface area contributed by atoms with Crippen molar-refractivity contribution >= 4 is 17.5 Å². The molecule has 0 bridgehead atoms. The highest BCUT2D eigenvalue weighted by molar-refractivity contribution is 6.00. The fourth-order valence-electron chi connectivity index (χ4n) is 4.11. The largest absolute Gasteiger partial charge is 0.342 e. The Morgan fingerprint density at radius 3 is 2.54 bits per heavy atom. The number of hydrogen-bond donors (Lipinski definition) is 0. The van der Waals surface area contributed by atoms with E-state index in [9.17, 15) is 9.59 Å². The average Bonchev–Trinajstić information content (AvgIpc) is 3.02. The van der Waals surface area contributed by atoms with Gasteiger partial charge in [-0.05, 0) is 64.4 Å². The first-order chi connectivity index (χ1) is 12.5. The summed E-state index contributed by atoms with van der Waals surface area (Å²) in [5.41, 5.74) is 2.02. The van der Waals surface area contributed by atoms with Crippen molar-refractivity contribution in [2.45, 2.75) is 32.6 Å². The zero-order valence-electron chi connectivity index (χ0n) is 16.3. The molecule has 0 aromatic heterocycles. The first-order valence-corrected chi connectivity index (χ1v) is 9.75. The number of rotatable bonds is 5. The molecule has 0 radical (unpaired) electrons. The van der Waals surface area contributed by atoms with Gasteiger partial charge in [0.15, 0.2) is 0 Å². The van der Waals surface area contributed by atoms with Crippen LogP contribution in [-0.4, -0.2) is 61.9 Å². The molecule has 0 saturated carbocycles. The SMILES string of the molecule is Cc1ccccc1N1C[C@H](C(=O)N2CCC(CCN(C)C)CC2)CC1=O. The lowest BCUT2D eigenvalue weighted by molar-refractivity contribution is -0.137. The van der Waals surface area contributed by atoms with Gasteiger partial charge in [-0.15, -0.1) is 0 Å². The maximum absolute atomic E-state index is 12.9. The zero-order chi connectivity index (χ0) is 18.7. The van der Waals surface area contributed by atoms with Crippen LogP contribution in [0.3, 0.4) is 0 Å². The molecule has 1 aromatic carbocycles. The van der Waals surface area contributed by atoms with Gasteiger partial charge in [-0.3, -0.25) is 9.59 Å². The molecule has 2 fully saturated rings. The van der Waals surface area contributed by atoms with Crippen molar-refractivity contribution in [2.24, 2.45) is 11.8 Å². The fourth-order valence-corrected chi connectivity index (χ4v) is 4.11. The summed E-state index contributed by atoms with van der Waals surface area (Å²) in [6.45, 7) is 5.32. The minimum atomic E-state index is -0.194. The normalized spacial score (nSPS) is 21.7. The lowest BCUT2D eigenvalue weighted by Gasteiger charge is -2.34. The van der Waals surface area contributed by atoms with Crippen molar-refractivity contribution < 1.29 is 9.59 Å². The highest BCUT2D eigenvalue weighted by Gasteiger charge is 2.38. The number of aryl methyl sites for hydroxylation is 1. The molecule has 0 aliphatic carbocycles. The highest BCUT2D eigenvalue weighted by Crippen LogP contribution is 2.30. The van der Waals surface area contributed by atoms with E-state index in [-0.39, 0.29) is 17.7 Å². The van der Waals surface area contributed by atoms with Gasteiger partial charge in [0.1, 0.15) is 0 Å². The van der Waals surface area contributed by atoms with Crippen LogP contribution < -0.4 is 4.90 Å². The number of nitrogens with zero attached hydrogens (tertiary/aromatic N) is 3. The van der Waals surface area contributed by atoms with Crippen molar-refractivity contribution in [3.8, 4) is 0 Å². The summed E-state index contributed by atoms with van der Waals surface area (Å²) in [7, 11) is 4.21. The quantitative estimate of drug-likeness (QED) is 0.813. The van der Waals surface area contributed by atoms with Crippen LogP contribution in [0, 0.1) is 18.8 Å². The van der Waals surface area contributed by atoms with E-state index in [2.05, 4.69) is 19.0 Å². The molecular weight excluding hydrogens is 326 g/mol. The van der Waals surface area contributed by atoms with Crippen LogP contribution in [0.1, 0.15) is 31.2 Å². The van der Waals surface area contributed by atoms with E-state index in [1.165, 1.54) is 6.42 Å². The van der Waals surface area contributed by atoms with E-state index in [4.69, 9.17) is 0 Å². The first-order valence-electron chi connectivity index (χ1n) is 9.75. The molecule has 0 spiro atoms. The van der Waals surface area contributed by atoms with Crippen molar-refractivity contribution in [2.75, 3.05) is 45.2 Å². The number of carbonyl (C=O) groups excluding carboxylic acids is 2. The lowest BCUT2D eigenvalue weighted by atomic mass is 9.92. The maximum Gasteiger partial charge on any atom is 0.228 e. The third-order valence-electron chi connectivity index (χ3n) is 5.79. The summed E-state index contributed by atoms with van der Waals surface area (Å²) < 4.78 is 0. The molecule has 2 aliphatic heterocycles. The molecule has 1 atom stereocenters. The molecule has 2 amide bonds. The minimum absolute atomic E-state index is 0.0681.